The number of ether oxygens (including phenoxy) is 1. The number of aliphatic hydroxyl groups is 1. The van der Waals surface area contributed by atoms with Crippen LogP contribution in [0.3, 0.4) is 0 Å². The zero-order valence-corrected chi connectivity index (χ0v) is 10.1. The van der Waals surface area contributed by atoms with Gasteiger partial charge in [-0.2, -0.15) is 8.42 Å². The third-order valence-electron chi connectivity index (χ3n) is 1.11. The molecule has 1 N–H and O–H groups in total. The monoisotopic (exact) mass is 240 g/mol. The Bertz CT molecular complexity index is 221. The van der Waals surface area contributed by atoms with Crippen LogP contribution in [-0.4, -0.2) is 45.7 Å². The summed E-state index contributed by atoms with van der Waals surface area (Å²) in [6.07, 6.45) is 1.33. The first-order valence-electron chi connectivity index (χ1n) is 4.70. The van der Waals surface area contributed by atoms with Gasteiger partial charge in [0.1, 0.15) is 0 Å². The second-order valence-electron chi connectivity index (χ2n) is 2.34. The molecule has 0 atom stereocenters. The minimum atomic E-state index is -3.52. The second-order valence-corrected chi connectivity index (χ2v) is 4.10. The van der Waals surface area contributed by atoms with Crippen molar-refractivity contribution in [1.29, 1.82) is 0 Å². The van der Waals surface area contributed by atoms with Crippen molar-refractivity contribution >= 4 is 10.1 Å². The largest absolute Gasteiger partial charge is 0.395 e. The van der Waals surface area contributed by atoms with Crippen molar-refractivity contribution in [1.82, 2.24) is 0 Å². The van der Waals surface area contributed by atoms with E-state index in [0.29, 0.717) is 0 Å². The highest BCUT2D eigenvalue weighted by Crippen LogP contribution is 1.91. The Hall–Kier alpha value is -0.430. The van der Waals surface area contributed by atoms with E-state index in [1.54, 1.807) is 0 Å². The minimum Gasteiger partial charge on any atom is -0.395 e. The Labute approximate surface area is 91.8 Å². The molecule has 0 aliphatic heterocycles. The summed E-state index contributed by atoms with van der Waals surface area (Å²) in [7, 11) is -3.52. The van der Waals surface area contributed by atoms with Crippen LogP contribution < -0.4 is 0 Å². The zero-order valence-electron chi connectivity index (χ0n) is 9.31. The van der Waals surface area contributed by atoms with Crippen molar-refractivity contribution < 1.29 is 22.4 Å². The van der Waals surface area contributed by atoms with Gasteiger partial charge < -0.3 is 9.84 Å². The molecule has 0 aromatic heterocycles. The van der Waals surface area contributed by atoms with Gasteiger partial charge in [0, 0.05) is 13.2 Å². The summed E-state index contributed by atoms with van der Waals surface area (Å²) >= 11 is 0. The average Bonchev–Trinajstić information content (AvgIpc) is 2.17. The predicted molar refractivity (Wildman–Crippen MR) is 59.2 cm³/mol. The molecule has 0 radical (unpaired) electrons. The summed E-state index contributed by atoms with van der Waals surface area (Å²) in [5.41, 5.74) is 0. The van der Waals surface area contributed by atoms with E-state index < -0.39 is 16.7 Å². The lowest BCUT2D eigenvalue weighted by atomic mass is 10.7. The lowest BCUT2D eigenvalue weighted by molar-refractivity contribution is 0.162. The summed E-state index contributed by atoms with van der Waals surface area (Å²) in [4.78, 5) is 0. The molecule has 6 heteroatoms. The average molecular weight is 240 g/mol. The molecule has 0 bridgehead atoms. The van der Waals surface area contributed by atoms with Crippen molar-refractivity contribution in [3.8, 4) is 0 Å². The Balaban J connectivity index is 0. The van der Waals surface area contributed by atoms with Crippen molar-refractivity contribution in [3.63, 3.8) is 0 Å². The molecular formula is C9H20O5S. The van der Waals surface area contributed by atoms with Gasteiger partial charge in [-0.1, -0.05) is 6.08 Å². The van der Waals surface area contributed by atoms with Gasteiger partial charge in [-0.15, -0.1) is 6.58 Å². The Morgan fingerprint density at radius 2 is 1.87 bits per heavy atom. The molecule has 0 fully saturated rings. The van der Waals surface area contributed by atoms with Gasteiger partial charge in [-0.3, -0.25) is 4.18 Å². The van der Waals surface area contributed by atoms with Crippen LogP contribution in [0.4, 0.5) is 0 Å². The second kappa shape index (κ2) is 11.6. The first-order chi connectivity index (χ1) is 7.04. The summed E-state index contributed by atoms with van der Waals surface area (Å²) in [5.74, 6) is -0.360. The molecule has 0 aliphatic rings. The first-order valence-corrected chi connectivity index (χ1v) is 6.28. The molecule has 0 rings (SSSR count). The molecule has 15 heavy (non-hydrogen) atoms. The number of rotatable bonds is 7. The van der Waals surface area contributed by atoms with Crippen molar-refractivity contribution in [2.45, 2.75) is 13.8 Å². The van der Waals surface area contributed by atoms with Crippen LogP contribution in [-0.2, 0) is 19.0 Å². The van der Waals surface area contributed by atoms with E-state index in [-0.39, 0.29) is 12.4 Å². The highest BCUT2D eigenvalue weighted by molar-refractivity contribution is 7.86. The van der Waals surface area contributed by atoms with E-state index in [1.165, 1.54) is 6.08 Å². The first kappa shape index (κ1) is 17.0. The molecule has 0 spiro atoms. The van der Waals surface area contributed by atoms with Crippen LogP contribution >= 0.6 is 0 Å². The van der Waals surface area contributed by atoms with Crippen LogP contribution in [0.25, 0.3) is 0 Å². The highest BCUT2D eigenvalue weighted by atomic mass is 32.2. The van der Waals surface area contributed by atoms with E-state index in [0.717, 1.165) is 13.2 Å². The van der Waals surface area contributed by atoms with Crippen LogP contribution in [0, 0.1) is 0 Å². The summed E-state index contributed by atoms with van der Waals surface area (Å²) in [6, 6.07) is 0. The maximum absolute atomic E-state index is 10.6. The van der Waals surface area contributed by atoms with Crippen LogP contribution in [0.1, 0.15) is 13.8 Å². The molecular weight excluding hydrogens is 220 g/mol. The van der Waals surface area contributed by atoms with Crippen molar-refractivity contribution in [2.24, 2.45) is 0 Å². The fourth-order valence-corrected chi connectivity index (χ4v) is 1.17. The van der Waals surface area contributed by atoms with Crippen molar-refractivity contribution in [3.05, 3.63) is 12.7 Å². The SMILES string of the molecule is C=CCOS(=O)(=O)CCO.CCOCC. The van der Waals surface area contributed by atoms with E-state index >= 15 is 0 Å². The Morgan fingerprint density at radius 1 is 1.33 bits per heavy atom. The summed E-state index contributed by atoms with van der Waals surface area (Å²) in [5, 5.41) is 8.22. The highest BCUT2D eigenvalue weighted by Gasteiger charge is 2.07. The number of hydrogen-bond acceptors (Lipinski definition) is 5. The fraction of sp³-hybridized carbons (Fsp3) is 0.778. The molecule has 0 saturated carbocycles. The summed E-state index contributed by atoms with van der Waals surface area (Å²) < 4.78 is 30.3. The molecule has 92 valence electrons. The van der Waals surface area contributed by atoms with Gasteiger partial charge in [0.2, 0.25) is 0 Å². The summed E-state index contributed by atoms with van der Waals surface area (Å²) in [6.45, 7) is 8.48. The number of aliphatic hydroxyl groups excluding tert-OH is 1. The van der Waals surface area contributed by atoms with Gasteiger partial charge in [-0.25, -0.2) is 0 Å². The van der Waals surface area contributed by atoms with Crippen molar-refractivity contribution in [2.75, 3.05) is 32.2 Å². The normalized spacial score (nSPS) is 10.3. The predicted octanol–water partition coefficient (Wildman–Crippen LogP) is 0.554. The van der Waals surface area contributed by atoms with E-state index in [4.69, 9.17) is 9.84 Å². The smallest absolute Gasteiger partial charge is 0.269 e. The lowest BCUT2D eigenvalue weighted by Gasteiger charge is -1.98. The molecule has 0 aromatic rings. The maximum Gasteiger partial charge on any atom is 0.269 e. The molecule has 0 saturated heterocycles. The Morgan fingerprint density at radius 3 is 2.13 bits per heavy atom. The van der Waals surface area contributed by atoms with Gasteiger partial charge in [0.25, 0.3) is 10.1 Å². The maximum atomic E-state index is 10.6. The van der Waals surface area contributed by atoms with Crippen LogP contribution in [0.5, 0.6) is 0 Å². The Kier molecular flexibility index (Phi) is 13.2. The topological polar surface area (TPSA) is 72.8 Å². The molecule has 5 nitrogen and oxygen atoms in total. The van der Waals surface area contributed by atoms with Gasteiger partial charge in [-0.05, 0) is 13.8 Å². The van der Waals surface area contributed by atoms with Gasteiger partial charge >= 0.3 is 0 Å². The fourth-order valence-electron chi connectivity index (χ4n) is 0.527. The van der Waals surface area contributed by atoms with E-state index in [2.05, 4.69) is 10.8 Å². The molecule has 0 aromatic carbocycles. The zero-order chi connectivity index (χ0) is 12.2. The van der Waals surface area contributed by atoms with Crippen LogP contribution in [0.2, 0.25) is 0 Å². The molecule has 0 amide bonds. The third kappa shape index (κ3) is 16.3. The minimum absolute atomic E-state index is 0.0394. The standard InChI is InChI=1S/C5H10O4S.C4H10O/c1-2-4-9-10(7,8)5-3-6;1-3-5-4-2/h2,6H,1,3-5H2;3-4H2,1-2H3. The lowest BCUT2D eigenvalue weighted by Crippen LogP contribution is -2.13. The third-order valence-corrected chi connectivity index (χ3v) is 2.29. The molecule has 0 heterocycles. The molecule has 0 aliphatic carbocycles. The quantitative estimate of drug-likeness (QED) is 0.520. The number of hydrogen-bond donors (Lipinski definition) is 1. The van der Waals surface area contributed by atoms with E-state index in [1.807, 2.05) is 13.8 Å². The van der Waals surface area contributed by atoms with E-state index in [9.17, 15) is 8.42 Å². The van der Waals surface area contributed by atoms with Gasteiger partial charge in [0.15, 0.2) is 0 Å². The van der Waals surface area contributed by atoms with Crippen LogP contribution in [0.15, 0.2) is 12.7 Å². The van der Waals surface area contributed by atoms with Gasteiger partial charge in [0.05, 0.1) is 19.0 Å². The molecule has 0 unspecified atom stereocenters.